The number of aliphatic hydroxyl groups excluding tert-OH is 1. The second-order valence-electron chi connectivity index (χ2n) is 9.35. The fourth-order valence-electron chi connectivity index (χ4n) is 4.99. The summed E-state index contributed by atoms with van der Waals surface area (Å²) < 4.78 is 14.3. The van der Waals surface area contributed by atoms with Crippen LogP contribution in [0, 0.1) is 0 Å². The van der Waals surface area contributed by atoms with Crippen LogP contribution >= 0.6 is 0 Å². The molecule has 1 saturated heterocycles. The molecule has 1 aliphatic heterocycles. The lowest BCUT2D eigenvalue weighted by Gasteiger charge is -2.21. The molecule has 1 fully saturated rings. The van der Waals surface area contributed by atoms with Crippen LogP contribution in [0.1, 0.15) is 29.0 Å². The van der Waals surface area contributed by atoms with Gasteiger partial charge in [-0.2, -0.15) is 5.10 Å². The lowest BCUT2D eigenvalue weighted by molar-refractivity contribution is 0.0516. The van der Waals surface area contributed by atoms with Gasteiger partial charge in [-0.1, -0.05) is 30.3 Å². The summed E-state index contributed by atoms with van der Waals surface area (Å²) in [5.41, 5.74) is 4.95. The van der Waals surface area contributed by atoms with E-state index in [1.165, 1.54) is 6.20 Å². The fraction of sp³-hybridized carbons (Fsp3) is 0.286. The highest BCUT2D eigenvalue weighted by molar-refractivity contribution is 5.95. The van der Waals surface area contributed by atoms with E-state index in [1.54, 1.807) is 17.6 Å². The lowest BCUT2D eigenvalue weighted by atomic mass is 10.1. The van der Waals surface area contributed by atoms with Gasteiger partial charge in [0.1, 0.15) is 11.8 Å². The Balaban J connectivity index is 1.54. The quantitative estimate of drug-likeness (QED) is 0.330. The number of aliphatic hydroxyl groups is 1. The van der Waals surface area contributed by atoms with Crippen LogP contribution in [0.3, 0.4) is 0 Å². The molecule has 38 heavy (non-hydrogen) atoms. The van der Waals surface area contributed by atoms with Crippen molar-refractivity contribution in [2.45, 2.75) is 25.6 Å². The molecule has 0 amide bonds. The number of rotatable bonds is 7. The number of carbonyl (C=O) groups is 1. The van der Waals surface area contributed by atoms with Crippen LogP contribution in [0.25, 0.3) is 27.9 Å². The van der Waals surface area contributed by atoms with Crippen LogP contribution < -0.4 is 4.90 Å². The second kappa shape index (κ2) is 9.88. The first kappa shape index (κ1) is 24.1. The van der Waals surface area contributed by atoms with Crippen molar-refractivity contribution in [2.24, 2.45) is 0 Å². The maximum Gasteiger partial charge on any atom is 0.358 e. The average Bonchev–Trinajstić information content (AvgIpc) is 3.65. The Morgan fingerprint density at radius 3 is 2.76 bits per heavy atom. The van der Waals surface area contributed by atoms with Crippen molar-refractivity contribution in [1.82, 2.24) is 24.1 Å². The first-order valence-corrected chi connectivity index (χ1v) is 12.6. The van der Waals surface area contributed by atoms with Gasteiger partial charge in [0.2, 0.25) is 0 Å². The smallest absolute Gasteiger partial charge is 0.358 e. The predicted octanol–water partition coefficient (Wildman–Crippen LogP) is 3.49. The molecule has 10 heteroatoms. The van der Waals surface area contributed by atoms with Gasteiger partial charge in [0, 0.05) is 36.9 Å². The van der Waals surface area contributed by atoms with Crippen LogP contribution in [0.4, 0.5) is 5.69 Å². The minimum atomic E-state index is -0.632. The van der Waals surface area contributed by atoms with E-state index in [2.05, 4.69) is 27.0 Å². The number of esters is 1. The van der Waals surface area contributed by atoms with E-state index in [0.717, 1.165) is 27.8 Å². The molecule has 5 heterocycles. The Morgan fingerprint density at radius 2 is 2.00 bits per heavy atom. The molecule has 6 rings (SSSR count). The van der Waals surface area contributed by atoms with E-state index in [1.807, 2.05) is 54.2 Å². The van der Waals surface area contributed by atoms with Crippen LogP contribution in [0.15, 0.2) is 67.1 Å². The van der Waals surface area contributed by atoms with Gasteiger partial charge < -0.3 is 24.0 Å². The van der Waals surface area contributed by atoms with E-state index in [4.69, 9.17) is 14.6 Å². The maximum atomic E-state index is 12.8. The summed E-state index contributed by atoms with van der Waals surface area (Å²) in [5.74, 6) is -0.489. The summed E-state index contributed by atoms with van der Waals surface area (Å²) in [5, 5.41) is 16.3. The summed E-state index contributed by atoms with van der Waals surface area (Å²) in [7, 11) is 1.99. The molecule has 5 aromatic rings. The van der Waals surface area contributed by atoms with E-state index < -0.39 is 12.1 Å². The van der Waals surface area contributed by atoms with Crippen molar-refractivity contribution >= 4 is 28.3 Å². The van der Waals surface area contributed by atoms with Crippen molar-refractivity contribution in [3.8, 4) is 11.3 Å². The third-order valence-corrected chi connectivity index (χ3v) is 6.85. The summed E-state index contributed by atoms with van der Waals surface area (Å²) in [6.07, 6.45) is 4.56. The van der Waals surface area contributed by atoms with Crippen LogP contribution in [0.5, 0.6) is 0 Å². The molecule has 10 nitrogen and oxygen atoms in total. The van der Waals surface area contributed by atoms with Gasteiger partial charge in [0.05, 0.1) is 43.4 Å². The Hall–Kier alpha value is -4.28. The van der Waals surface area contributed by atoms with E-state index in [0.29, 0.717) is 24.5 Å². The SMILES string of the molecule is CCOC(=O)c1cnc2c(N(C)Cc3ccccc3)cc(-c3cn(C4COCC4O)c4ncccc34)nn12. The van der Waals surface area contributed by atoms with Gasteiger partial charge >= 0.3 is 5.97 Å². The second-order valence-corrected chi connectivity index (χ2v) is 9.35. The van der Waals surface area contributed by atoms with Crippen LogP contribution in [0.2, 0.25) is 0 Å². The molecule has 194 valence electrons. The molecule has 0 radical (unpaired) electrons. The van der Waals surface area contributed by atoms with Crippen molar-refractivity contribution < 1.29 is 19.4 Å². The first-order valence-electron chi connectivity index (χ1n) is 12.6. The molecule has 2 atom stereocenters. The molecule has 0 spiro atoms. The van der Waals surface area contributed by atoms with Crippen molar-refractivity contribution in [2.75, 3.05) is 31.8 Å². The summed E-state index contributed by atoms with van der Waals surface area (Å²) in [6.45, 7) is 3.33. The summed E-state index contributed by atoms with van der Waals surface area (Å²) in [6, 6.07) is 15.7. The normalized spacial score (nSPS) is 17.3. The standard InChI is InChI=1S/C28H28N6O4/c1-3-38-28(36)23-13-30-27-22(32(2)14-18-8-5-4-6-9-18)12-21(31-34(23)27)20-15-33(24-16-37-17-25(24)35)26-19(20)10-7-11-29-26/h4-13,15,24-25,35H,3,14,16-17H2,1-2H3. The third kappa shape index (κ3) is 4.17. The number of ether oxygens (including phenoxy) is 2. The van der Waals surface area contributed by atoms with Crippen molar-refractivity contribution in [1.29, 1.82) is 0 Å². The van der Waals surface area contributed by atoms with Crippen LogP contribution in [-0.4, -0.2) is 68.2 Å². The molecule has 0 aliphatic carbocycles. The number of hydrogen-bond donors (Lipinski definition) is 1. The average molecular weight is 513 g/mol. The minimum absolute atomic E-state index is 0.247. The molecule has 0 bridgehead atoms. The van der Waals surface area contributed by atoms with Gasteiger partial charge in [-0.3, -0.25) is 0 Å². The molecular formula is C28H28N6O4. The minimum Gasteiger partial charge on any atom is -0.461 e. The molecule has 0 saturated carbocycles. The topological polar surface area (TPSA) is 107 Å². The Morgan fingerprint density at radius 1 is 1.16 bits per heavy atom. The van der Waals surface area contributed by atoms with Crippen LogP contribution in [-0.2, 0) is 16.0 Å². The van der Waals surface area contributed by atoms with Crippen molar-refractivity contribution in [3.63, 3.8) is 0 Å². The number of aromatic nitrogens is 5. The number of imidazole rings is 1. The number of anilines is 1. The molecule has 2 unspecified atom stereocenters. The Bertz CT molecular complexity index is 1610. The van der Waals surface area contributed by atoms with E-state index >= 15 is 0 Å². The number of benzene rings is 1. The highest BCUT2D eigenvalue weighted by Gasteiger charge is 2.30. The molecule has 1 aliphatic rings. The highest BCUT2D eigenvalue weighted by atomic mass is 16.5. The highest BCUT2D eigenvalue weighted by Crippen LogP contribution is 2.35. The van der Waals surface area contributed by atoms with Gasteiger partial charge in [-0.05, 0) is 30.7 Å². The summed E-state index contributed by atoms with van der Waals surface area (Å²) >= 11 is 0. The Kier molecular flexibility index (Phi) is 6.26. The van der Waals surface area contributed by atoms with Gasteiger partial charge in [0.25, 0.3) is 0 Å². The number of pyridine rings is 1. The number of hydrogen-bond acceptors (Lipinski definition) is 8. The van der Waals surface area contributed by atoms with E-state index in [9.17, 15) is 9.90 Å². The zero-order valence-corrected chi connectivity index (χ0v) is 21.2. The molecule has 1 N–H and O–H groups in total. The van der Waals surface area contributed by atoms with E-state index in [-0.39, 0.29) is 24.9 Å². The van der Waals surface area contributed by atoms with Crippen molar-refractivity contribution in [3.05, 3.63) is 78.4 Å². The third-order valence-electron chi connectivity index (χ3n) is 6.85. The zero-order valence-electron chi connectivity index (χ0n) is 21.2. The van der Waals surface area contributed by atoms with Gasteiger partial charge in [0.15, 0.2) is 11.3 Å². The maximum absolute atomic E-state index is 12.8. The summed E-state index contributed by atoms with van der Waals surface area (Å²) in [4.78, 5) is 24.0. The number of carbonyl (C=O) groups excluding carboxylic acids is 1. The fourth-order valence-corrected chi connectivity index (χ4v) is 4.99. The molecule has 4 aromatic heterocycles. The molecule has 1 aromatic carbocycles. The zero-order chi connectivity index (χ0) is 26.2. The first-order chi connectivity index (χ1) is 18.5. The number of nitrogens with zero attached hydrogens (tertiary/aromatic N) is 6. The molecular weight excluding hydrogens is 484 g/mol. The largest absolute Gasteiger partial charge is 0.461 e. The lowest BCUT2D eigenvalue weighted by Crippen LogP contribution is -2.21. The van der Waals surface area contributed by atoms with Gasteiger partial charge in [-0.25, -0.2) is 19.3 Å². The predicted molar refractivity (Wildman–Crippen MR) is 142 cm³/mol. The monoisotopic (exact) mass is 512 g/mol. The van der Waals surface area contributed by atoms with Gasteiger partial charge in [-0.15, -0.1) is 0 Å². The number of fused-ring (bicyclic) bond motifs is 2. The Labute approximate surface area is 219 Å².